The molecule has 1 aliphatic heterocycles. The van der Waals surface area contributed by atoms with Gasteiger partial charge in [-0.3, -0.25) is 19.3 Å². The van der Waals surface area contributed by atoms with Crippen molar-refractivity contribution in [3.8, 4) is 0 Å². The van der Waals surface area contributed by atoms with Gasteiger partial charge in [0.05, 0.1) is 5.25 Å². The molecule has 1 saturated heterocycles. The zero-order valence-corrected chi connectivity index (χ0v) is 19.1. The highest BCUT2D eigenvalue weighted by Crippen LogP contribution is 2.40. The van der Waals surface area contributed by atoms with Crippen molar-refractivity contribution < 1.29 is 29.7 Å². The predicted molar refractivity (Wildman–Crippen MR) is 118 cm³/mol. The average Bonchev–Trinajstić information content (AvgIpc) is 3.03. The Bertz CT molecular complexity index is 520. The molecule has 1 fully saturated rings. The molecule has 8 heteroatoms. The topological polar surface area (TPSA) is 115 Å². The van der Waals surface area contributed by atoms with Gasteiger partial charge in [0.25, 0.3) is 0 Å². The van der Waals surface area contributed by atoms with E-state index in [9.17, 15) is 29.7 Å². The number of hydrogen-bond acceptors (Lipinski definition) is 7. The largest absolute Gasteiger partial charge is 0.396 e. The molecule has 1 aliphatic rings. The molecule has 1 heterocycles. The zero-order chi connectivity index (χ0) is 22.4. The van der Waals surface area contributed by atoms with Gasteiger partial charge in [-0.25, -0.2) is 0 Å². The second-order valence-electron chi connectivity index (χ2n) is 8.29. The summed E-state index contributed by atoms with van der Waals surface area (Å²) in [5, 5.41) is 27.5. The lowest BCUT2D eigenvalue weighted by Crippen LogP contribution is -2.32. The van der Waals surface area contributed by atoms with Crippen LogP contribution in [-0.4, -0.2) is 75.7 Å². The van der Waals surface area contributed by atoms with Crippen LogP contribution in [-0.2, 0) is 14.4 Å². The van der Waals surface area contributed by atoms with E-state index in [1.165, 1.54) is 16.7 Å². The van der Waals surface area contributed by atoms with Crippen molar-refractivity contribution >= 4 is 29.4 Å². The summed E-state index contributed by atoms with van der Waals surface area (Å²) in [4.78, 5) is 37.8. The SMILES string of the molecule is CSC1CC(=O)N(CCCCC(=O)CCC(CCCO)(CCCO)CCCO)C1=O. The molecule has 0 bridgehead atoms. The number of likely N-dealkylation sites (tertiary alicyclic amines) is 1. The van der Waals surface area contributed by atoms with Gasteiger partial charge in [-0.2, -0.15) is 11.8 Å². The Labute approximate surface area is 184 Å². The van der Waals surface area contributed by atoms with E-state index in [0.29, 0.717) is 57.9 Å². The van der Waals surface area contributed by atoms with E-state index >= 15 is 0 Å². The molecule has 1 unspecified atom stereocenters. The molecule has 0 radical (unpaired) electrons. The van der Waals surface area contributed by atoms with Crippen LogP contribution in [0, 0.1) is 5.41 Å². The van der Waals surface area contributed by atoms with E-state index in [-0.39, 0.29) is 54.5 Å². The maximum Gasteiger partial charge on any atom is 0.242 e. The Morgan fingerprint density at radius 3 is 1.97 bits per heavy atom. The van der Waals surface area contributed by atoms with Gasteiger partial charge in [0.15, 0.2) is 0 Å². The minimum atomic E-state index is -0.260. The molecule has 3 N–H and O–H groups in total. The zero-order valence-electron chi connectivity index (χ0n) is 18.3. The minimum Gasteiger partial charge on any atom is -0.396 e. The maximum absolute atomic E-state index is 12.4. The van der Waals surface area contributed by atoms with E-state index in [4.69, 9.17) is 0 Å². The van der Waals surface area contributed by atoms with Crippen molar-refractivity contribution in [2.75, 3.05) is 32.6 Å². The van der Waals surface area contributed by atoms with Crippen LogP contribution in [0.2, 0.25) is 0 Å². The van der Waals surface area contributed by atoms with E-state index in [1.807, 2.05) is 6.26 Å². The Morgan fingerprint density at radius 1 is 0.933 bits per heavy atom. The minimum absolute atomic E-state index is 0.0965. The molecule has 1 atom stereocenters. The number of thioether (sulfide) groups is 1. The molecule has 2 amide bonds. The summed E-state index contributed by atoms with van der Waals surface area (Å²) in [6, 6.07) is 0. The van der Waals surface area contributed by atoms with Crippen molar-refractivity contribution in [1.29, 1.82) is 0 Å². The quantitative estimate of drug-likeness (QED) is 0.219. The number of aliphatic hydroxyl groups is 3. The number of hydrogen-bond donors (Lipinski definition) is 3. The summed E-state index contributed by atoms with van der Waals surface area (Å²) in [6.07, 6.45) is 9.27. The standard InChI is InChI=1S/C22H39NO6S/c1-30-19-17-20(28)23(21(19)29)13-3-2-7-18(27)8-12-22(9-4-14-24,10-5-15-25)11-6-16-26/h19,24-26H,2-17H2,1H3. The van der Waals surface area contributed by atoms with Crippen LogP contribution < -0.4 is 0 Å². The maximum atomic E-state index is 12.4. The second-order valence-corrected chi connectivity index (χ2v) is 9.33. The van der Waals surface area contributed by atoms with Gasteiger partial charge in [0.2, 0.25) is 11.8 Å². The van der Waals surface area contributed by atoms with Crippen LogP contribution in [0.4, 0.5) is 0 Å². The average molecular weight is 446 g/mol. The Balaban J connectivity index is 2.44. The molecule has 0 aromatic rings. The fraction of sp³-hybridized carbons (Fsp3) is 0.864. The summed E-state index contributed by atoms with van der Waals surface area (Å²) >= 11 is 1.40. The van der Waals surface area contributed by atoms with Gasteiger partial charge in [-0.05, 0) is 69.5 Å². The third-order valence-electron chi connectivity index (χ3n) is 6.10. The van der Waals surface area contributed by atoms with Gasteiger partial charge in [0.1, 0.15) is 5.78 Å². The molecule has 0 aromatic carbocycles. The van der Waals surface area contributed by atoms with Crippen molar-refractivity contribution in [1.82, 2.24) is 4.90 Å². The Kier molecular flexibility index (Phi) is 13.5. The first-order chi connectivity index (χ1) is 14.4. The van der Waals surface area contributed by atoms with E-state index in [1.54, 1.807) is 0 Å². The molecule has 174 valence electrons. The second kappa shape index (κ2) is 14.9. The predicted octanol–water partition coefficient (Wildman–Crippen LogP) is 2.30. The number of Topliss-reactive ketones (excluding diaryl/α,β-unsaturated/α-hetero) is 1. The number of aliphatic hydroxyl groups excluding tert-OH is 3. The first kappa shape index (κ1) is 27.1. The molecular formula is C22H39NO6S. The van der Waals surface area contributed by atoms with Crippen LogP contribution in [0.3, 0.4) is 0 Å². The van der Waals surface area contributed by atoms with Crippen LogP contribution in [0.15, 0.2) is 0 Å². The van der Waals surface area contributed by atoms with E-state index in [0.717, 1.165) is 19.3 Å². The fourth-order valence-electron chi connectivity index (χ4n) is 4.31. The summed E-state index contributed by atoms with van der Waals surface area (Å²) in [6.45, 7) is 0.674. The molecule has 30 heavy (non-hydrogen) atoms. The van der Waals surface area contributed by atoms with Gasteiger partial charge in [-0.1, -0.05) is 0 Å². The fourth-order valence-corrected chi connectivity index (χ4v) is 4.94. The number of imide groups is 1. The van der Waals surface area contributed by atoms with Gasteiger partial charge >= 0.3 is 0 Å². The highest BCUT2D eigenvalue weighted by Gasteiger charge is 2.37. The summed E-state index contributed by atoms with van der Waals surface area (Å²) < 4.78 is 0. The number of ketones is 1. The number of carbonyl (C=O) groups is 3. The third-order valence-corrected chi connectivity index (χ3v) is 7.04. The third kappa shape index (κ3) is 9.04. The smallest absolute Gasteiger partial charge is 0.242 e. The van der Waals surface area contributed by atoms with Crippen molar-refractivity contribution in [2.24, 2.45) is 5.41 Å². The molecule has 0 spiro atoms. The molecule has 0 aromatic heterocycles. The first-order valence-electron chi connectivity index (χ1n) is 11.1. The van der Waals surface area contributed by atoms with Gasteiger partial charge < -0.3 is 15.3 Å². The number of rotatable bonds is 18. The van der Waals surface area contributed by atoms with E-state index < -0.39 is 0 Å². The molecular weight excluding hydrogens is 406 g/mol. The summed E-state index contributed by atoms with van der Waals surface area (Å²) in [5.41, 5.74) is -0.134. The summed E-state index contributed by atoms with van der Waals surface area (Å²) in [7, 11) is 0. The normalized spacial score (nSPS) is 17.2. The summed E-state index contributed by atoms with van der Waals surface area (Å²) in [5.74, 6) is -0.0650. The van der Waals surface area contributed by atoms with Crippen molar-refractivity contribution in [3.63, 3.8) is 0 Å². The number of carbonyl (C=O) groups excluding carboxylic acids is 3. The van der Waals surface area contributed by atoms with Crippen molar-refractivity contribution in [2.45, 2.75) is 82.3 Å². The molecule has 7 nitrogen and oxygen atoms in total. The number of nitrogens with zero attached hydrogens (tertiary/aromatic N) is 1. The van der Waals surface area contributed by atoms with Crippen molar-refractivity contribution in [3.05, 3.63) is 0 Å². The highest BCUT2D eigenvalue weighted by atomic mass is 32.2. The van der Waals surface area contributed by atoms with Crippen LogP contribution in [0.1, 0.15) is 77.0 Å². The molecule has 0 aliphatic carbocycles. The van der Waals surface area contributed by atoms with Crippen LogP contribution >= 0.6 is 11.8 Å². The Morgan fingerprint density at radius 2 is 1.50 bits per heavy atom. The Hall–Kier alpha value is -0.960. The number of unbranched alkanes of at least 4 members (excludes halogenated alkanes) is 1. The van der Waals surface area contributed by atoms with Gasteiger partial charge in [-0.15, -0.1) is 0 Å². The lowest BCUT2D eigenvalue weighted by Gasteiger charge is -2.34. The first-order valence-corrected chi connectivity index (χ1v) is 12.4. The monoisotopic (exact) mass is 445 g/mol. The van der Waals surface area contributed by atoms with E-state index in [2.05, 4.69) is 0 Å². The molecule has 1 rings (SSSR count). The lowest BCUT2D eigenvalue weighted by molar-refractivity contribution is -0.138. The van der Waals surface area contributed by atoms with Crippen LogP contribution in [0.5, 0.6) is 0 Å². The van der Waals surface area contributed by atoms with Gasteiger partial charge in [0, 0.05) is 45.6 Å². The number of amides is 2. The highest BCUT2D eigenvalue weighted by molar-refractivity contribution is 8.00. The lowest BCUT2D eigenvalue weighted by atomic mass is 9.71. The van der Waals surface area contributed by atoms with Crippen LogP contribution in [0.25, 0.3) is 0 Å². The molecule has 0 saturated carbocycles.